The van der Waals surface area contributed by atoms with Crippen molar-refractivity contribution in [1.29, 1.82) is 0 Å². The van der Waals surface area contributed by atoms with Crippen LogP contribution in [0.4, 0.5) is 5.82 Å². The first-order valence-corrected chi connectivity index (χ1v) is 10.4. The van der Waals surface area contributed by atoms with Crippen LogP contribution in [0.25, 0.3) is 27.8 Å². The molecule has 1 aliphatic heterocycles. The molecular weight excluding hydrogens is 386 g/mol. The SMILES string of the molecule is COc1cccc(-c2ncc3nccn3c2C2CN(c3ccc4ccccc4n3)C2)c1. The van der Waals surface area contributed by atoms with Crippen LogP contribution in [0.15, 0.2) is 79.3 Å². The first-order chi connectivity index (χ1) is 15.3. The molecule has 6 heteroatoms. The molecule has 2 aromatic carbocycles. The molecule has 6 rings (SSSR count). The molecule has 1 aliphatic rings. The maximum absolute atomic E-state index is 5.44. The van der Waals surface area contributed by atoms with Gasteiger partial charge in [0, 0.05) is 42.4 Å². The van der Waals surface area contributed by atoms with Gasteiger partial charge in [-0.25, -0.2) is 9.97 Å². The van der Waals surface area contributed by atoms with E-state index in [9.17, 15) is 0 Å². The van der Waals surface area contributed by atoms with E-state index < -0.39 is 0 Å². The topological polar surface area (TPSA) is 55.6 Å². The minimum absolute atomic E-state index is 0.333. The summed E-state index contributed by atoms with van der Waals surface area (Å²) in [4.78, 5) is 16.4. The van der Waals surface area contributed by atoms with Gasteiger partial charge >= 0.3 is 0 Å². The van der Waals surface area contributed by atoms with Crippen LogP contribution in [0.5, 0.6) is 5.75 Å². The van der Waals surface area contributed by atoms with Crippen molar-refractivity contribution in [3.8, 4) is 17.0 Å². The highest BCUT2D eigenvalue weighted by Gasteiger charge is 2.33. The molecule has 0 atom stereocenters. The number of hydrogen-bond acceptors (Lipinski definition) is 5. The number of para-hydroxylation sites is 1. The van der Waals surface area contributed by atoms with Crippen LogP contribution in [-0.4, -0.2) is 39.6 Å². The number of imidazole rings is 1. The molecule has 0 unspecified atom stereocenters. The summed E-state index contributed by atoms with van der Waals surface area (Å²) >= 11 is 0. The van der Waals surface area contributed by atoms with Gasteiger partial charge in [-0.15, -0.1) is 0 Å². The van der Waals surface area contributed by atoms with Crippen molar-refractivity contribution in [2.75, 3.05) is 25.1 Å². The van der Waals surface area contributed by atoms with E-state index in [1.54, 1.807) is 7.11 Å². The summed E-state index contributed by atoms with van der Waals surface area (Å²) in [5.74, 6) is 2.18. The zero-order valence-corrected chi connectivity index (χ0v) is 17.1. The van der Waals surface area contributed by atoms with Gasteiger partial charge in [-0.3, -0.25) is 4.98 Å². The van der Waals surface area contributed by atoms with Gasteiger partial charge < -0.3 is 14.0 Å². The van der Waals surface area contributed by atoms with E-state index in [1.165, 1.54) is 5.69 Å². The Morgan fingerprint density at radius 1 is 0.968 bits per heavy atom. The van der Waals surface area contributed by atoms with Crippen LogP contribution < -0.4 is 9.64 Å². The second-order valence-electron chi connectivity index (χ2n) is 7.84. The molecule has 0 radical (unpaired) electrons. The number of hydrogen-bond donors (Lipinski definition) is 0. The Bertz CT molecular complexity index is 1400. The van der Waals surface area contributed by atoms with Crippen molar-refractivity contribution in [2.45, 2.75) is 5.92 Å². The lowest BCUT2D eigenvalue weighted by molar-refractivity contribution is 0.415. The highest BCUT2D eigenvalue weighted by atomic mass is 16.5. The molecule has 152 valence electrons. The maximum Gasteiger partial charge on any atom is 0.155 e. The monoisotopic (exact) mass is 407 g/mol. The summed E-state index contributed by atoms with van der Waals surface area (Å²) in [5, 5.41) is 1.16. The lowest BCUT2D eigenvalue weighted by Gasteiger charge is -2.41. The van der Waals surface area contributed by atoms with Crippen molar-refractivity contribution in [3.05, 3.63) is 84.9 Å². The number of ether oxygens (including phenoxy) is 1. The average molecular weight is 407 g/mol. The van der Waals surface area contributed by atoms with Crippen LogP contribution in [0.1, 0.15) is 11.6 Å². The number of benzene rings is 2. The van der Waals surface area contributed by atoms with E-state index in [4.69, 9.17) is 14.7 Å². The van der Waals surface area contributed by atoms with Crippen molar-refractivity contribution in [3.63, 3.8) is 0 Å². The van der Waals surface area contributed by atoms with E-state index in [2.05, 4.69) is 44.6 Å². The summed E-state index contributed by atoms with van der Waals surface area (Å²) in [6.07, 6.45) is 5.68. The smallest absolute Gasteiger partial charge is 0.155 e. The molecule has 6 nitrogen and oxygen atoms in total. The summed E-state index contributed by atoms with van der Waals surface area (Å²) in [5.41, 5.74) is 5.09. The van der Waals surface area contributed by atoms with Gasteiger partial charge in [0.15, 0.2) is 5.65 Å². The lowest BCUT2D eigenvalue weighted by Crippen LogP contribution is -2.46. The van der Waals surface area contributed by atoms with Crippen molar-refractivity contribution in [1.82, 2.24) is 19.4 Å². The molecule has 0 N–H and O–H groups in total. The molecule has 5 aromatic rings. The van der Waals surface area contributed by atoms with E-state index in [-0.39, 0.29) is 0 Å². The van der Waals surface area contributed by atoms with Crippen LogP contribution in [0.3, 0.4) is 0 Å². The molecule has 31 heavy (non-hydrogen) atoms. The Hall–Kier alpha value is -3.93. The number of fused-ring (bicyclic) bond motifs is 2. The molecule has 0 amide bonds. The van der Waals surface area contributed by atoms with Gasteiger partial charge in [0.1, 0.15) is 11.6 Å². The van der Waals surface area contributed by atoms with Gasteiger partial charge in [0.25, 0.3) is 0 Å². The second-order valence-corrected chi connectivity index (χ2v) is 7.84. The van der Waals surface area contributed by atoms with Gasteiger partial charge in [-0.2, -0.15) is 0 Å². The number of nitrogens with zero attached hydrogens (tertiary/aromatic N) is 5. The molecule has 4 heterocycles. The molecule has 1 fully saturated rings. The summed E-state index contributed by atoms with van der Waals surface area (Å²) < 4.78 is 7.60. The highest BCUT2D eigenvalue weighted by molar-refractivity contribution is 5.80. The Kier molecular flexibility index (Phi) is 4.09. The quantitative estimate of drug-likeness (QED) is 0.437. The number of methoxy groups -OCH3 is 1. The number of aromatic nitrogens is 4. The summed E-state index contributed by atoms with van der Waals surface area (Å²) in [7, 11) is 1.69. The van der Waals surface area contributed by atoms with Crippen molar-refractivity contribution >= 4 is 22.4 Å². The molecule has 1 saturated heterocycles. The Morgan fingerprint density at radius 3 is 2.77 bits per heavy atom. The summed E-state index contributed by atoms with van der Waals surface area (Å²) in [6.45, 7) is 1.78. The third kappa shape index (κ3) is 2.99. The molecule has 0 spiro atoms. The zero-order valence-electron chi connectivity index (χ0n) is 17.1. The van der Waals surface area contributed by atoms with E-state index in [1.807, 2.05) is 48.9 Å². The normalized spacial score (nSPS) is 14.2. The fraction of sp³-hybridized carbons (Fsp3) is 0.160. The highest BCUT2D eigenvalue weighted by Crippen LogP contribution is 2.37. The van der Waals surface area contributed by atoms with Crippen molar-refractivity contribution in [2.24, 2.45) is 0 Å². The van der Waals surface area contributed by atoms with Gasteiger partial charge in [0.2, 0.25) is 0 Å². The van der Waals surface area contributed by atoms with Crippen LogP contribution in [0.2, 0.25) is 0 Å². The average Bonchev–Trinajstić information content (AvgIpc) is 3.27. The molecular formula is C25H21N5O. The first-order valence-electron chi connectivity index (χ1n) is 10.4. The van der Waals surface area contributed by atoms with E-state index >= 15 is 0 Å². The fourth-order valence-electron chi connectivity index (χ4n) is 4.37. The largest absolute Gasteiger partial charge is 0.497 e. The minimum Gasteiger partial charge on any atom is -0.497 e. The summed E-state index contributed by atoms with van der Waals surface area (Å²) in [6, 6.07) is 20.6. The lowest BCUT2D eigenvalue weighted by atomic mass is 9.92. The first kappa shape index (κ1) is 17.9. The van der Waals surface area contributed by atoms with Crippen LogP contribution in [0, 0.1) is 0 Å². The van der Waals surface area contributed by atoms with E-state index in [0.29, 0.717) is 5.92 Å². The molecule has 3 aromatic heterocycles. The Morgan fingerprint density at radius 2 is 1.87 bits per heavy atom. The maximum atomic E-state index is 5.44. The van der Waals surface area contributed by atoms with Gasteiger partial charge in [-0.1, -0.05) is 30.3 Å². The Balaban J connectivity index is 1.37. The standard InChI is InChI=1S/C25H21N5O/c1-31-20-7-4-6-18(13-20)24-25(30-12-11-26-23(30)14-27-24)19-15-29(16-19)22-10-9-17-5-2-3-8-21(17)28-22/h2-14,19H,15-16H2,1H3. The van der Waals surface area contributed by atoms with E-state index in [0.717, 1.165) is 52.5 Å². The predicted molar refractivity (Wildman–Crippen MR) is 122 cm³/mol. The van der Waals surface area contributed by atoms with Gasteiger partial charge in [-0.05, 0) is 30.3 Å². The predicted octanol–water partition coefficient (Wildman–Crippen LogP) is 4.56. The fourth-order valence-corrected chi connectivity index (χ4v) is 4.37. The third-order valence-electron chi connectivity index (χ3n) is 6.00. The minimum atomic E-state index is 0.333. The molecule has 0 saturated carbocycles. The Labute approximate surface area is 179 Å². The van der Waals surface area contributed by atoms with Gasteiger partial charge in [0.05, 0.1) is 30.2 Å². The molecule has 0 bridgehead atoms. The number of pyridine rings is 1. The second kappa shape index (κ2) is 7.09. The van der Waals surface area contributed by atoms with Crippen LogP contribution >= 0.6 is 0 Å². The van der Waals surface area contributed by atoms with Crippen LogP contribution in [-0.2, 0) is 0 Å². The van der Waals surface area contributed by atoms with Crippen molar-refractivity contribution < 1.29 is 4.74 Å². The zero-order chi connectivity index (χ0) is 20.8. The number of anilines is 1. The molecule has 0 aliphatic carbocycles. The third-order valence-corrected chi connectivity index (χ3v) is 6.00. The number of rotatable bonds is 4.